The summed E-state index contributed by atoms with van der Waals surface area (Å²) >= 11 is 6.13. The quantitative estimate of drug-likeness (QED) is 0.913. The second kappa shape index (κ2) is 6.69. The second-order valence-corrected chi connectivity index (χ2v) is 6.16. The van der Waals surface area contributed by atoms with E-state index in [9.17, 15) is 4.39 Å². The molecule has 0 bridgehead atoms. The van der Waals surface area contributed by atoms with Crippen LogP contribution < -0.4 is 5.32 Å². The van der Waals surface area contributed by atoms with E-state index in [1.54, 1.807) is 12.1 Å². The molecule has 1 saturated heterocycles. The Morgan fingerprint density at radius 1 is 1.47 bits per heavy atom. The van der Waals surface area contributed by atoms with Crippen LogP contribution in [-0.4, -0.2) is 30.6 Å². The van der Waals surface area contributed by atoms with Gasteiger partial charge in [0.25, 0.3) is 0 Å². The Bertz CT molecular complexity index is 423. The number of rotatable bonds is 4. The Labute approximate surface area is 119 Å². The number of hydrogen-bond donors (Lipinski definition) is 1. The molecule has 0 radical (unpaired) electrons. The van der Waals surface area contributed by atoms with E-state index in [2.05, 4.69) is 24.1 Å². The number of nitrogens with one attached hydrogen (secondary N) is 1. The third-order valence-electron chi connectivity index (χ3n) is 3.50. The molecule has 4 heteroatoms. The summed E-state index contributed by atoms with van der Waals surface area (Å²) in [6.07, 6.45) is 1.17. The molecule has 1 aromatic carbocycles. The monoisotopic (exact) mass is 284 g/mol. The third-order valence-corrected chi connectivity index (χ3v) is 3.87. The Kier molecular flexibility index (Phi) is 5.20. The van der Waals surface area contributed by atoms with Gasteiger partial charge in [0.05, 0.1) is 0 Å². The zero-order chi connectivity index (χ0) is 13.8. The number of piperazine rings is 1. The van der Waals surface area contributed by atoms with E-state index in [0.29, 0.717) is 17.0 Å². The van der Waals surface area contributed by atoms with Crippen LogP contribution >= 0.6 is 11.6 Å². The molecule has 1 aromatic rings. The molecule has 19 heavy (non-hydrogen) atoms. The van der Waals surface area contributed by atoms with Crippen LogP contribution in [0, 0.1) is 11.7 Å². The molecule has 106 valence electrons. The van der Waals surface area contributed by atoms with Gasteiger partial charge in [0.1, 0.15) is 5.82 Å². The van der Waals surface area contributed by atoms with Gasteiger partial charge in [0.15, 0.2) is 0 Å². The minimum atomic E-state index is -0.215. The van der Waals surface area contributed by atoms with Crippen LogP contribution in [0.15, 0.2) is 18.2 Å². The molecule has 0 aromatic heterocycles. The van der Waals surface area contributed by atoms with Crippen LogP contribution in [0.5, 0.6) is 0 Å². The SMILES string of the molecule is CC(C)CC1CN(Cc2cc(F)ccc2Cl)CCN1. The van der Waals surface area contributed by atoms with Crippen molar-refractivity contribution in [3.63, 3.8) is 0 Å². The molecular formula is C15H22ClFN2. The van der Waals surface area contributed by atoms with E-state index >= 15 is 0 Å². The molecule has 0 saturated carbocycles. The molecule has 1 fully saturated rings. The van der Waals surface area contributed by atoms with Crippen LogP contribution in [0.2, 0.25) is 5.02 Å². The first-order valence-electron chi connectivity index (χ1n) is 6.94. The summed E-state index contributed by atoms with van der Waals surface area (Å²) in [5.41, 5.74) is 0.881. The van der Waals surface area contributed by atoms with E-state index in [-0.39, 0.29) is 5.82 Å². The number of benzene rings is 1. The minimum absolute atomic E-state index is 0.215. The lowest BCUT2D eigenvalue weighted by atomic mass is 10.0. The molecule has 1 heterocycles. The van der Waals surface area contributed by atoms with Gasteiger partial charge in [0.2, 0.25) is 0 Å². The second-order valence-electron chi connectivity index (χ2n) is 5.75. The fourth-order valence-electron chi connectivity index (χ4n) is 2.67. The van der Waals surface area contributed by atoms with Gasteiger partial charge in [-0.2, -0.15) is 0 Å². The van der Waals surface area contributed by atoms with Gasteiger partial charge >= 0.3 is 0 Å². The Morgan fingerprint density at radius 2 is 2.26 bits per heavy atom. The van der Waals surface area contributed by atoms with Crippen molar-refractivity contribution in [2.75, 3.05) is 19.6 Å². The summed E-state index contributed by atoms with van der Waals surface area (Å²) in [5.74, 6) is 0.475. The highest BCUT2D eigenvalue weighted by atomic mass is 35.5. The normalized spacial score (nSPS) is 21.0. The lowest BCUT2D eigenvalue weighted by molar-refractivity contribution is 0.179. The van der Waals surface area contributed by atoms with Crippen molar-refractivity contribution in [1.29, 1.82) is 0 Å². The lowest BCUT2D eigenvalue weighted by Gasteiger charge is -2.34. The maximum Gasteiger partial charge on any atom is 0.123 e. The van der Waals surface area contributed by atoms with Crippen LogP contribution in [0.25, 0.3) is 0 Å². The van der Waals surface area contributed by atoms with Gasteiger partial charge in [-0.05, 0) is 36.1 Å². The van der Waals surface area contributed by atoms with Gasteiger partial charge in [-0.1, -0.05) is 25.4 Å². The standard InChI is InChI=1S/C15H22ClFN2/c1-11(2)7-14-10-19(6-5-18-14)9-12-8-13(17)3-4-15(12)16/h3-4,8,11,14,18H,5-7,9-10H2,1-2H3. The van der Waals surface area contributed by atoms with Gasteiger partial charge < -0.3 is 5.32 Å². The number of hydrogen-bond acceptors (Lipinski definition) is 2. The molecule has 2 nitrogen and oxygen atoms in total. The summed E-state index contributed by atoms with van der Waals surface area (Å²) in [7, 11) is 0. The molecule has 2 rings (SSSR count). The van der Waals surface area contributed by atoms with E-state index in [1.165, 1.54) is 12.5 Å². The van der Waals surface area contributed by atoms with E-state index < -0.39 is 0 Å². The molecule has 0 amide bonds. The molecule has 1 unspecified atom stereocenters. The average molecular weight is 285 g/mol. The first-order chi connectivity index (χ1) is 9.04. The maximum absolute atomic E-state index is 13.3. The lowest BCUT2D eigenvalue weighted by Crippen LogP contribution is -2.50. The highest BCUT2D eigenvalue weighted by Gasteiger charge is 2.20. The van der Waals surface area contributed by atoms with Crippen molar-refractivity contribution >= 4 is 11.6 Å². The predicted octanol–water partition coefficient (Wildman–Crippen LogP) is 3.30. The maximum atomic E-state index is 13.3. The highest BCUT2D eigenvalue weighted by Crippen LogP contribution is 2.20. The average Bonchev–Trinajstić information content (AvgIpc) is 2.33. The molecule has 0 aliphatic carbocycles. The largest absolute Gasteiger partial charge is 0.311 e. The van der Waals surface area contributed by atoms with Crippen molar-refractivity contribution in [2.45, 2.75) is 32.9 Å². The summed E-state index contributed by atoms with van der Waals surface area (Å²) in [6, 6.07) is 5.12. The van der Waals surface area contributed by atoms with E-state index in [1.807, 2.05) is 0 Å². The van der Waals surface area contributed by atoms with Gasteiger partial charge in [-0.3, -0.25) is 4.90 Å². The van der Waals surface area contributed by atoms with Crippen molar-refractivity contribution < 1.29 is 4.39 Å². The summed E-state index contributed by atoms with van der Waals surface area (Å²) < 4.78 is 13.3. The molecule has 1 aliphatic heterocycles. The molecule has 1 N–H and O–H groups in total. The van der Waals surface area contributed by atoms with Crippen molar-refractivity contribution in [3.05, 3.63) is 34.6 Å². The molecular weight excluding hydrogens is 263 g/mol. The first-order valence-corrected chi connectivity index (χ1v) is 7.32. The molecule has 0 spiro atoms. The van der Waals surface area contributed by atoms with Crippen LogP contribution in [0.1, 0.15) is 25.8 Å². The molecule has 1 aliphatic rings. The smallest absolute Gasteiger partial charge is 0.123 e. The Morgan fingerprint density at radius 3 is 3.00 bits per heavy atom. The van der Waals surface area contributed by atoms with Gasteiger partial charge in [-0.25, -0.2) is 4.39 Å². The summed E-state index contributed by atoms with van der Waals surface area (Å²) in [5, 5.41) is 4.20. The molecule has 1 atom stereocenters. The summed E-state index contributed by atoms with van der Waals surface area (Å²) in [4.78, 5) is 2.35. The van der Waals surface area contributed by atoms with Crippen LogP contribution in [0.4, 0.5) is 4.39 Å². The zero-order valence-electron chi connectivity index (χ0n) is 11.6. The van der Waals surface area contributed by atoms with Crippen LogP contribution in [-0.2, 0) is 6.54 Å². The predicted molar refractivity (Wildman–Crippen MR) is 77.9 cm³/mol. The highest BCUT2D eigenvalue weighted by molar-refractivity contribution is 6.31. The van der Waals surface area contributed by atoms with Gasteiger partial charge in [0, 0.05) is 37.2 Å². The van der Waals surface area contributed by atoms with Crippen molar-refractivity contribution in [1.82, 2.24) is 10.2 Å². The number of nitrogens with zero attached hydrogens (tertiary/aromatic N) is 1. The Hall–Kier alpha value is -0.640. The van der Waals surface area contributed by atoms with E-state index in [0.717, 1.165) is 31.7 Å². The van der Waals surface area contributed by atoms with Crippen LogP contribution in [0.3, 0.4) is 0 Å². The topological polar surface area (TPSA) is 15.3 Å². The zero-order valence-corrected chi connectivity index (χ0v) is 12.4. The Balaban J connectivity index is 1.96. The summed E-state index contributed by atoms with van der Waals surface area (Å²) in [6.45, 7) is 8.19. The van der Waals surface area contributed by atoms with Crippen molar-refractivity contribution in [2.24, 2.45) is 5.92 Å². The minimum Gasteiger partial charge on any atom is -0.311 e. The first kappa shape index (κ1) is 14.8. The third kappa shape index (κ3) is 4.44. The fourth-order valence-corrected chi connectivity index (χ4v) is 2.85. The van der Waals surface area contributed by atoms with E-state index in [4.69, 9.17) is 11.6 Å². The van der Waals surface area contributed by atoms with Crippen molar-refractivity contribution in [3.8, 4) is 0 Å². The van der Waals surface area contributed by atoms with Gasteiger partial charge in [-0.15, -0.1) is 0 Å². The number of halogens is 2. The fraction of sp³-hybridized carbons (Fsp3) is 0.600.